The minimum atomic E-state index is 0.197. The van der Waals surface area contributed by atoms with Crippen molar-refractivity contribution in [2.75, 3.05) is 0 Å². The molecule has 0 saturated carbocycles. The molecule has 3 heteroatoms. The normalized spacial score (nSPS) is 12.2. The van der Waals surface area contributed by atoms with E-state index >= 15 is 0 Å². The number of nitrogens with two attached hydrogens (primary N) is 1. The molecule has 0 aliphatic rings. The minimum Gasteiger partial charge on any atom is -0.271 e. The Morgan fingerprint density at radius 1 is 1.50 bits per heavy atom. The topological polar surface area (TPSA) is 50.9 Å². The van der Waals surface area contributed by atoms with E-state index in [2.05, 4.69) is 30.3 Å². The van der Waals surface area contributed by atoms with Gasteiger partial charge in [0, 0.05) is 18.4 Å². The molecule has 0 saturated heterocycles. The van der Waals surface area contributed by atoms with Crippen LogP contribution in [0.4, 0.5) is 0 Å². The van der Waals surface area contributed by atoms with Crippen LogP contribution in [-0.2, 0) is 6.42 Å². The fourth-order valence-corrected chi connectivity index (χ4v) is 1.34. The smallest absolute Gasteiger partial charge is 0.0433 e. The van der Waals surface area contributed by atoms with Gasteiger partial charge < -0.3 is 0 Å². The van der Waals surface area contributed by atoms with Crippen LogP contribution in [0, 0.1) is 0 Å². The third-order valence-corrected chi connectivity index (χ3v) is 1.95. The maximum absolute atomic E-state index is 5.46. The van der Waals surface area contributed by atoms with E-state index in [0.29, 0.717) is 0 Å². The fraction of sp³-hybridized carbons (Fsp3) is 0.364. The Bertz CT molecular complexity index is 289. The molecule has 0 bridgehead atoms. The van der Waals surface area contributed by atoms with Crippen molar-refractivity contribution in [2.45, 2.75) is 26.3 Å². The quantitative estimate of drug-likeness (QED) is 0.430. The maximum Gasteiger partial charge on any atom is 0.0433 e. The van der Waals surface area contributed by atoms with Crippen LogP contribution >= 0.6 is 0 Å². The van der Waals surface area contributed by atoms with E-state index < -0.39 is 0 Å². The van der Waals surface area contributed by atoms with Crippen molar-refractivity contribution in [2.24, 2.45) is 5.84 Å². The predicted octanol–water partition coefficient (Wildman–Crippen LogP) is 1.42. The van der Waals surface area contributed by atoms with Crippen LogP contribution in [0.5, 0.6) is 0 Å². The molecule has 0 spiro atoms. The lowest BCUT2D eigenvalue weighted by Gasteiger charge is -2.11. The van der Waals surface area contributed by atoms with Crippen molar-refractivity contribution in [3.63, 3.8) is 0 Å². The van der Waals surface area contributed by atoms with Gasteiger partial charge in [-0.15, -0.1) is 0 Å². The van der Waals surface area contributed by atoms with Crippen molar-refractivity contribution in [3.05, 3.63) is 41.7 Å². The molecule has 0 aromatic carbocycles. The second kappa shape index (κ2) is 5.52. The van der Waals surface area contributed by atoms with E-state index in [0.717, 1.165) is 6.42 Å². The molecule has 0 fully saturated rings. The molecule has 1 atom stereocenters. The van der Waals surface area contributed by atoms with E-state index in [1.165, 1.54) is 11.1 Å². The summed E-state index contributed by atoms with van der Waals surface area (Å²) in [6.45, 7) is 4.13. The van der Waals surface area contributed by atoms with Gasteiger partial charge in [-0.1, -0.05) is 11.6 Å². The molecule has 0 radical (unpaired) electrons. The summed E-state index contributed by atoms with van der Waals surface area (Å²) in [5, 5.41) is 0. The Kier molecular flexibility index (Phi) is 4.29. The van der Waals surface area contributed by atoms with Crippen LogP contribution in [0.15, 0.2) is 36.2 Å². The number of hydrogen-bond donors (Lipinski definition) is 2. The zero-order chi connectivity index (χ0) is 10.4. The molecule has 76 valence electrons. The molecule has 1 unspecified atom stereocenters. The van der Waals surface area contributed by atoms with Gasteiger partial charge in [-0.2, -0.15) is 0 Å². The van der Waals surface area contributed by atoms with Crippen molar-refractivity contribution < 1.29 is 0 Å². The minimum absolute atomic E-state index is 0.197. The molecule has 3 nitrogen and oxygen atoms in total. The first kappa shape index (κ1) is 10.9. The molecule has 1 aromatic rings. The van der Waals surface area contributed by atoms with Gasteiger partial charge in [0.1, 0.15) is 0 Å². The van der Waals surface area contributed by atoms with Crippen LogP contribution in [0.3, 0.4) is 0 Å². The molecule has 1 rings (SSSR count). The van der Waals surface area contributed by atoms with Crippen LogP contribution in [-0.4, -0.2) is 11.0 Å². The first-order valence-electron chi connectivity index (χ1n) is 4.72. The monoisotopic (exact) mass is 191 g/mol. The van der Waals surface area contributed by atoms with E-state index in [4.69, 9.17) is 5.84 Å². The number of nitrogens with zero attached hydrogens (tertiary/aromatic N) is 1. The molecule has 14 heavy (non-hydrogen) atoms. The van der Waals surface area contributed by atoms with Gasteiger partial charge >= 0.3 is 0 Å². The van der Waals surface area contributed by atoms with Crippen molar-refractivity contribution in [1.82, 2.24) is 10.4 Å². The highest BCUT2D eigenvalue weighted by Crippen LogP contribution is 2.04. The molecule has 0 aliphatic heterocycles. The van der Waals surface area contributed by atoms with Gasteiger partial charge in [-0.3, -0.25) is 16.3 Å². The summed E-state index contributed by atoms with van der Waals surface area (Å²) in [5.41, 5.74) is 5.29. The average Bonchev–Trinajstić information content (AvgIpc) is 2.17. The van der Waals surface area contributed by atoms with Gasteiger partial charge in [-0.05, 0) is 38.0 Å². The standard InChI is InChI=1S/C11H17N3/c1-9(2)7-11(14-12)8-10-3-5-13-6-4-10/h3-7,11,14H,8,12H2,1-2H3. The fourth-order valence-electron chi connectivity index (χ4n) is 1.34. The number of nitrogens with one attached hydrogen (secondary N) is 1. The summed E-state index contributed by atoms with van der Waals surface area (Å²) in [6.07, 6.45) is 6.61. The highest BCUT2D eigenvalue weighted by molar-refractivity contribution is 5.14. The van der Waals surface area contributed by atoms with Crippen molar-refractivity contribution >= 4 is 0 Å². The summed E-state index contributed by atoms with van der Waals surface area (Å²) in [6, 6.07) is 4.20. The summed E-state index contributed by atoms with van der Waals surface area (Å²) in [7, 11) is 0. The predicted molar refractivity (Wildman–Crippen MR) is 58.5 cm³/mol. The maximum atomic E-state index is 5.46. The largest absolute Gasteiger partial charge is 0.271 e. The van der Waals surface area contributed by atoms with Gasteiger partial charge in [-0.25, -0.2) is 0 Å². The lowest BCUT2D eigenvalue weighted by Crippen LogP contribution is -2.35. The van der Waals surface area contributed by atoms with Crippen LogP contribution in [0.25, 0.3) is 0 Å². The van der Waals surface area contributed by atoms with E-state index in [1.807, 2.05) is 12.1 Å². The third-order valence-electron chi connectivity index (χ3n) is 1.95. The number of allylic oxidation sites excluding steroid dienone is 1. The number of aromatic nitrogens is 1. The van der Waals surface area contributed by atoms with Crippen LogP contribution < -0.4 is 11.3 Å². The summed E-state index contributed by atoms with van der Waals surface area (Å²) < 4.78 is 0. The highest BCUT2D eigenvalue weighted by atomic mass is 15.2. The number of pyridine rings is 1. The summed E-state index contributed by atoms with van der Waals surface area (Å²) >= 11 is 0. The number of rotatable bonds is 4. The third kappa shape index (κ3) is 3.68. The van der Waals surface area contributed by atoms with Gasteiger partial charge in [0.15, 0.2) is 0 Å². The van der Waals surface area contributed by atoms with E-state index in [-0.39, 0.29) is 6.04 Å². The SMILES string of the molecule is CC(C)=CC(Cc1ccncc1)NN. The van der Waals surface area contributed by atoms with Gasteiger partial charge in [0.05, 0.1) is 0 Å². The Balaban J connectivity index is 2.62. The molecule has 1 aromatic heterocycles. The summed E-state index contributed by atoms with van der Waals surface area (Å²) in [4.78, 5) is 3.97. The number of hydrazine groups is 1. The number of hydrogen-bond acceptors (Lipinski definition) is 3. The van der Waals surface area contributed by atoms with Crippen LogP contribution in [0.2, 0.25) is 0 Å². The second-order valence-electron chi connectivity index (χ2n) is 3.58. The van der Waals surface area contributed by atoms with Gasteiger partial charge in [0.2, 0.25) is 0 Å². The zero-order valence-corrected chi connectivity index (χ0v) is 8.70. The van der Waals surface area contributed by atoms with Crippen molar-refractivity contribution in [3.8, 4) is 0 Å². The van der Waals surface area contributed by atoms with Gasteiger partial charge in [0.25, 0.3) is 0 Å². The molecule has 1 heterocycles. The zero-order valence-electron chi connectivity index (χ0n) is 8.70. The second-order valence-corrected chi connectivity index (χ2v) is 3.58. The molecule has 0 aliphatic carbocycles. The van der Waals surface area contributed by atoms with E-state index in [9.17, 15) is 0 Å². The Hall–Kier alpha value is -1.19. The van der Waals surface area contributed by atoms with Crippen LogP contribution in [0.1, 0.15) is 19.4 Å². The van der Waals surface area contributed by atoms with Crippen molar-refractivity contribution in [1.29, 1.82) is 0 Å². The first-order chi connectivity index (χ1) is 6.72. The Morgan fingerprint density at radius 2 is 2.14 bits per heavy atom. The molecule has 0 amide bonds. The molecular weight excluding hydrogens is 174 g/mol. The average molecular weight is 191 g/mol. The Labute approximate surface area is 85.0 Å². The molecular formula is C11H17N3. The van der Waals surface area contributed by atoms with E-state index in [1.54, 1.807) is 12.4 Å². The first-order valence-corrected chi connectivity index (χ1v) is 4.72. The lowest BCUT2D eigenvalue weighted by molar-refractivity contribution is 0.613. The highest BCUT2D eigenvalue weighted by Gasteiger charge is 2.03. The lowest BCUT2D eigenvalue weighted by atomic mass is 10.1. The molecule has 3 N–H and O–H groups in total. The summed E-state index contributed by atoms with van der Waals surface area (Å²) in [5.74, 6) is 5.46. The Morgan fingerprint density at radius 3 is 2.64 bits per heavy atom.